The maximum Gasteiger partial charge on any atom is 0.273 e. The van der Waals surface area contributed by atoms with Gasteiger partial charge in [0.15, 0.2) is 0 Å². The second kappa shape index (κ2) is 9.62. The number of ether oxygens (including phenoxy) is 1. The molecule has 1 amide bonds. The molecule has 6 rings (SSSR count). The lowest BCUT2D eigenvalue weighted by atomic mass is 9.95. The van der Waals surface area contributed by atoms with Crippen LogP contribution in [0, 0.1) is 0 Å². The number of nitrogens with one attached hydrogen (secondary N) is 1. The Morgan fingerprint density at radius 1 is 0.892 bits per heavy atom. The molecule has 2 N–H and O–H groups in total. The van der Waals surface area contributed by atoms with Gasteiger partial charge in [0.2, 0.25) is 0 Å². The quantitative estimate of drug-likeness (QED) is 0.316. The first-order valence-corrected chi connectivity index (χ1v) is 12.0. The Balaban J connectivity index is 1.37. The zero-order chi connectivity index (χ0) is 25.2. The molecular weight excluding hydrogens is 464 g/mol. The lowest BCUT2D eigenvalue weighted by Gasteiger charge is -2.26. The monoisotopic (exact) mass is 488 g/mol. The minimum atomic E-state index is -0.403. The van der Waals surface area contributed by atoms with Crippen LogP contribution in [-0.2, 0) is 13.2 Å². The zero-order valence-electron chi connectivity index (χ0n) is 19.9. The van der Waals surface area contributed by atoms with Crippen LogP contribution in [0.25, 0.3) is 11.3 Å². The van der Waals surface area contributed by atoms with Crippen LogP contribution < -0.4 is 4.74 Å². The van der Waals surface area contributed by atoms with Gasteiger partial charge in [0.05, 0.1) is 6.04 Å². The molecule has 7 nitrogen and oxygen atoms in total. The number of carbonyl (C=O) groups is 1. The van der Waals surface area contributed by atoms with E-state index in [1.807, 2.05) is 77.7 Å². The maximum absolute atomic E-state index is 13.6. The van der Waals surface area contributed by atoms with E-state index in [0.717, 1.165) is 28.0 Å². The highest BCUT2D eigenvalue weighted by Crippen LogP contribution is 2.45. The van der Waals surface area contributed by atoms with Crippen molar-refractivity contribution in [1.29, 1.82) is 0 Å². The Labute approximate surface area is 214 Å². The van der Waals surface area contributed by atoms with E-state index in [-0.39, 0.29) is 11.7 Å². The van der Waals surface area contributed by atoms with Gasteiger partial charge in [-0.15, -0.1) is 0 Å². The third-order valence-electron chi connectivity index (χ3n) is 6.54. The second-order valence-corrected chi connectivity index (χ2v) is 8.92. The summed E-state index contributed by atoms with van der Waals surface area (Å²) in [5.74, 6) is 0.699. The molecule has 1 atom stereocenters. The number of carbonyl (C=O) groups excluding carboxylic acids is 1. The summed E-state index contributed by atoms with van der Waals surface area (Å²) < 4.78 is 5.98. The van der Waals surface area contributed by atoms with Crippen molar-refractivity contribution in [2.45, 2.75) is 19.2 Å². The second-order valence-electron chi connectivity index (χ2n) is 8.92. The number of phenols is 1. The molecule has 0 aliphatic carbocycles. The van der Waals surface area contributed by atoms with Crippen LogP contribution in [0.15, 0.2) is 103 Å². The van der Waals surface area contributed by atoms with Crippen molar-refractivity contribution in [1.82, 2.24) is 20.1 Å². The molecule has 0 radical (unpaired) electrons. The molecule has 0 saturated carbocycles. The number of fused-ring (bicyclic) bond motifs is 1. The van der Waals surface area contributed by atoms with Gasteiger partial charge < -0.3 is 14.7 Å². The zero-order valence-corrected chi connectivity index (χ0v) is 19.9. The summed E-state index contributed by atoms with van der Waals surface area (Å²) in [4.78, 5) is 19.6. The van der Waals surface area contributed by atoms with Crippen molar-refractivity contribution in [3.05, 3.63) is 131 Å². The number of aromatic amines is 1. The number of pyridine rings is 1. The third kappa shape index (κ3) is 4.31. The van der Waals surface area contributed by atoms with Gasteiger partial charge in [-0.25, -0.2) is 0 Å². The summed E-state index contributed by atoms with van der Waals surface area (Å²) in [6.45, 7) is 0.852. The first kappa shape index (κ1) is 22.5. The van der Waals surface area contributed by atoms with Gasteiger partial charge in [0.1, 0.15) is 29.5 Å². The summed E-state index contributed by atoms with van der Waals surface area (Å²) in [6, 6.07) is 28.2. The highest BCUT2D eigenvalue weighted by molar-refractivity contribution is 6.00. The Bertz CT molecular complexity index is 1530. The number of benzene rings is 3. The van der Waals surface area contributed by atoms with Gasteiger partial charge >= 0.3 is 0 Å². The predicted octanol–water partition coefficient (Wildman–Crippen LogP) is 5.50. The van der Waals surface area contributed by atoms with Crippen LogP contribution in [0.5, 0.6) is 11.5 Å². The molecule has 1 aliphatic heterocycles. The average Bonchev–Trinajstić information content (AvgIpc) is 3.48. The van der Waals surface area contributed by atoms with Crippen LogP contribution in [0.2, 0.25) is 0 Å². The van der Waals surface area contributed by atoms with E-state index in [1.54, 1.807) is 30.6 Å². The molecule has 0 fully saturated rings. The Morgan fingerprint density at radius 3 is 2.41 bits per heavy atom. The minimum absolute atomic E-state index is 0.110. The first-order chi connectivity index (χ1) is 18.2. The smallest absolute Gasteiger partial charge is 0.273 e. The number of hydrogen-bond acceptors (Lipinski definition) is 5. The summed E-state index contributed by atoms with van der Waals surface area (Å²) in [5.41, 5.74) is 5.23. The maximum atomic E-state index is 13.6. The largest absolute Gasteiger partial charge is 0.507 e. The summed E-state index contributed by atoms with van der Waals surface area (Å²) >= 11 is 0. The average molecular weight is 489 g/mol. The SMILES string of the molecule is O=C1c2[nH]nc(-c3ccccc3O)c2C(c2ccc(OCc3ccccc3)cc2)N1Cc1cccnc1. The number of rotatable bonds is 7. The van der Waals surface area contributed by atoms with Crippen LogP contribution in [-0.4, -0.2) is 31.1 Å². The van der Waals surface area contributed by atoms with Crippen LogP contribution in [0.4, 0.5) is 0 Å². The van der Waals surface area contributed by atoms with E-state index in [2.05, 4.69) is 15.2 Å². The molecule has 3 heterocycles. The van der Waals surface area contributed by atoms with Crippen molar-refractivity contribution >= 4 is 5.91 Å². The molecule has 1 aliphatic rings. The van der Waals surface area contributed by atoms with Crippen molar-refractivity contribution in [2.75, 3.05) is 0 Å². The topological polar surface area (TPSA) is 91.3 Å². The molecule has 2 aromatic heterocycles. The molecular formula is C30H24N4O3. The fraction of sp³-hybridized carbons (Fsp3) is 0.100. The van der Waals surface area contributed by atoms with E-state index in [4.69, 9.17) is 4.74 Å². The lowest BCUT2D eigenvalue weighted by molar-refractivity contribution is 0.0730. The molecule has 37 heavy (non-hydrogen) atoms. The van der Waals surface area contributed by atoms with Crippen molar-refractivity contribution in [3.63, 3.8) is 0 Å². The van der Waals surface area contributed by atoms with Gasteiger partial charge in [-0.05, 0) is 47.0 Å². The number of hydrogen-bond donors (Lipinski definition) is 2. The fourth-order valence-corrected chi connectivity index (χ4v) is 4.76. The van der Waals surface area contributed by atoms with Gasteiger partial charge in [0.25, 0.3) is 5.91 Å². The number of phenolic OH excluding ortho intramolecular Hbond substituents is 1. The van der Waals surface area contributed by atoms with E-state index in [9.17, 15) is 9.90 Å². The summed E-state index contributed by atoms with van der Waals surface area (Å²) in [6.07, 6.45) is 3.48. The van der Waals surface area contributed by atoms with Crippen LogP contribution >= 0.6 is 0 Å². The number of nitrogens with zero attached hydrogens (tertiary/aromatic N) is 3. The van der Waals surface area contributed by atoms with E-state index >= 15 is 0 Å². The molecule has 3 aromatic carbocycles. The van der Waals surface area contributed by atoms with Crippen LogP contribution in [0.1, 0.15) is 38.8 Å². The third-order valence-corrected chi connectivity index (χ3v) is 6.54. The molecule has 0 bridgehead atoms. The Morgan fingerprint density at radius 2 is 1.65 bits per heavy atom. The summed E-state index contributed by atoms with van der Waals surface area (Å²) in [7, 11) is 0. The molecule has 0 spiro atoms. The molecule has 7 heteroatoms. The number of H-pyrrole nitrogens is 1. The number of aromatic hydroxyl groups is 1. The van der Waals surface area contributed by atoms with Gasteiger partial charge in [-0.1, -0.05) is 60.7 Å². The van der Waals surface area contributed by atoms with Gasteiger partial charge in [-0.3, -0.25) is 14.9 Å². The molecule has 1 unspecified atom stereocenters. The minimum Gasteiger partial charge on any atom is -0.507 e. The van der Waals surface area contributed by atoms with E-state index in [0.29, 0.717) is 30.1 Å². The number of amides is 1. The highest BCUT2D eigenvalue weighted by atomic mass is 16.5. The lowest BCUT2D eigenvalue weighted by Crippen LogP contribution is -2.29. The molecule has 182 valence electrons. The number of aromatic nitrogens is 3. The molecule has 5 aromatic rings. The summed E-state index contributed by atoms with van der Waals surface area (Å²) in [5, 5.41) is 17.9. The molecule has 0 saturated heterocycles. The Kier molecular flexibility index (Phi) is 5.86. The van der Waals surface area contributed by atoms with Gasteiger partial charge in [0, 0.05) is 30.1 Å². The van der Waals surface area contributed by atoms with Crippen LogP contribution in [0.3, 0.4) is 0 Å². The Hall–Kier alpha value is -4.91. The first-order valence-electron chi connectivity index (χ1n) is 12.0. The highest BCUT2D eigenvalue weighted by Gasteiger charge is 2.42. The van der Waals surface area contributed by atoms with E-state index in [1.165, 1.54) is 0 Å². The fourth-order valence-electron chi connectivity index (χ4n) is 4.76. The van der Waals surface area contributed by atoms with Crippen molar-refractivity contribution < 1.29 is 14.6 Å². The van der Waals surface area contributed by atoms with Gasteiger partial charge in [-0.2, -0.15) is 5.10 Å². The van der Waals surface area contributed by atoms with Crippen molar-refractivity contribution in [2.24, 2.45) is 0 Å². The predicted molar refractivity (Wildman–Crippen MR) is 139 cm³/mol. The number of para-hydroxylation sites is 1. The normalized spacial score (nSPS) is 14.5. The van der Waals surface area contributed by atoms with Crippen molar-refractivity contribution in [3.8, 4) is 22.8 Å². The van der Waals surface area contributed by atoms with E-state index < -0.39 is 6.04 Å². The standard InChI is InChI=1S/C30H24N4O3/c35-25-11-5-4-10-24(25)27-26-28(33-32-27)30(36)34(18-21-9-6-16-31-17-21)29(26)22-12-14-23(15-13-22)37-19-20-7-2-1-3-8-20/h1-17,29,35H,18-19H2,(H,32,33).